The van der Waals surface area contributed by atoms with Crippen LogP contribution in [-0.4, -0.2) is 18.7 Å². The summed E-state index contributed by atoms with van der Waals surface area (Å²) in [6.45, 7) is 3.27. The first kappa shape index (κ1) is 24.5. The lowest BCUT2D eigenvalue weighted by Gasteiger charge is -2.10. The molecule has 3 aromatic carbocycles. The zero-order valence-corrected chi connectivity index (χ0v) is 20.4. The number of carbonyl (C=O) groups is 1. The van der Waals surface area contributed by atoms with E-state index in [0.717, 1.165) is 34.2 Å². The third kappa shape index (κ3) is 8.39. The van der Waals surface area contributed by atoms with Crippen LogP contribution in [0.3, 0.4) is 0 Å². The molecule has 0 aliphatic rings. The van der Waals surface area contributed by atoms with Crippen molar-refractivity contribution in [1.29, 1.82) is 0 Å². The molecule has 6 heteroatoms. The molecule has 0 fully saturated rings. The van der Waals surface area contributed by atoms with Crippen LogP contribution in [0.1, 0.15) is 54.1 Å². The summed E-state index contributed by atoms with van der Waals surface area (Å²) in [5.74, 6) is 1.04. The summed E-state index contributed by atoms with van der Waals surface area (Å²) >= 11 is 3.43. The highest BCUT2D eigenvalue weighted by molar-refractivity contribution is 9.10. The molecule has 0 aromatic heterocycles. The predicted molar refractivity (Wildman–Crippen MR) is 136 cm³/mol. The van der Waals surface area contributed by atoms with Crippen LogP contribution in [0.4, 0.5) is 0 Å². The summed E-state index contributed by atoms with van der Waals surface area (Å²) in [6.07, 6.45) is 6.08. The van der Waals surface area contributed by atoms with Crippen molar-refractivity contribution < 1.29 is 14.3 Å². The summed E-state index contributed by atoms with van der Waals surface area (Å²) in [5, 5.41) is 4.09. The van der Waals surface area contributed by atoms with Crippen LogP contribution in [0, 0.1) is 0 Å². The van der Waals surface area contributed by atoms with Crippen LogP contribution >= 0.6 is 15.9 Å². The van der Waals surface area contributed by atoms with Crippen LogP contribution in [-0.2, 0) is 6.61 Å². The molecular formula is C27H29BrN2O3. The number of carbonyl (C=O) groups excluding carboxylic acids is 1. The van der Waals surface area contributed by atoms with E-state index < -0.39 is 0 Å². The Morgan fingerprint density at radius 1 is 0.939 bits per heavy atom. The van der Waals surface area contributed by atoms with Crippen LogP contribution in [0.2, 0.25) is 0 Å². The van der Waals surface area contributed by atoms with E-state index in [0.29, 0.717) is 24.5 Å². The Hall–Kier alpha value is -3.12. The van der Waals surface area contributed by atoms with Crippen LogP contribution in [0.5, 0.6) is 11.5 Å². The van der Waals surface area contributed by atoms with E-state index in [-0.39, 0.29) is 5.91 Å². The molecule has 0 atom stereocenters. The predicted octanol–water partition coefficient (Wildman–Crippen LogP) is 6.75. The molecule has 0 unspecified atom stereocenters. The first-order valence-electron chi connectivity index (χ1n) is 11.2. The van der Waals surface area contributed by atoms with Crippen molar-refractivity contribution in [3.63, 3.8) is 0 Å². The van der Waals surface area contributed by atoms with Crippen molar-refractivity contribution in [3.05, 3.63) is 94.0 Å². The lowest BCUT2D eigenvalue weighted by atomic mass is 10.2. The number of nitrogens with one attached hydrogen (secondary N) is 1. The Kier molecular flexibility index (Phi) is 9.98. The monoisotopic (exact) mass is 508 g/mol. The van der Waals surface area contributed by atoms with Gasteiger partial charge in [-0.15, -0.1) is 0 Å². The Morgan fingerprint density at radius 3 is 2.45 bits per heavy atom. The van der Waals surface area contributed by atoms with E-state index in [1.807, 2.05) is 66.7 Å². The molecule has 0 aliphatic heterocycles. The molecule has 0 saturated carbocycles. The molecule has 1 N–H and O–H groups in total. The van der Waals surface area contributed by atoms with Crippen molar-refractivity contribution in [2.45, 2.75) is 39.2 Å². The second-order valence-corrected chi connectivity index (χ2v) is 8.50. The number of hydrazone groups is 1. The molecule has 0 bridgehead atoms. The maximum Gasteiger partial charge on any atom is 0.275 e. The number of ether oxygens (including phenoxy) is 2. The molecule has 0 heterocycles. The van der Waals surface area contributed by atoms with Gasteiger partial charge >= 0.3 is 0 Å². The number of amides is 1. The molecule has 1 amide bonds. The third-order valence-corrected chi connectivity index (χ3v) is 5.49. The van der Waals surface area contributed by atoms with Gasteiger partial charge in [-0.25, -0.2) is 5.43 Å². The topological polar surface area (TPSA) is 59.9 Å². The summed E-state index contributed by atoms with van der Waals surface area (Å²) < 4.78 is 12.7. The SMILES string of the molecule is CCCCCCOc1ccccc1C(=O)NN=Cc1ccc(OCc2ccc(Br)cc2)cc1. The summed E-state index contributed by atoms with van der Waals surface area (Å²) in [4.78, 5) is 12.6. The minimum atomic E-state index is -0.301. The number of rotatable bonds is 12. The Bertz CT molecular complexity index is 1030. The number of hydrogen-bond donors (Lipinski definition) is 1. The number of unbranched alkanes of at least 4 members (excludes halogenated alkanes) is 3. The van der Waals surface area contributed by atoms with Gasteiger partial charge in [0.2, 0.25) is 0 Å². The molecule has 3 aromatic rings. The second-order valence-electron chi connectivity index (χ2n) is 7.59. The van der Waals surface area contributed by atoms with Gasteiger partial charge in [0, 0.05) is 4.47 Å². The van der Waals surface area contributed by atoms with Gasteiger partial charge in [-0.3, -0.25) is 4.79 Å². The summed E-state index contributed by atoms with van der Waals surface area (Å²) in [5.41, 5.74) is 5.00. The van der Waals surface area contributed by atoms with Crippen LogP contribution in [0.15, 0.2) is 82.4 Å². The van der Waals surface area contributed by atoms with Crippen molar-refractivity contribution in [2.75, 3.05) is 6.61 Å². The molecule has 0 spiro atoms. The Labute approximate surface area is 204 Å². The smallest absolute Gasteiger partial charge is 0.275 e. The number of benzene rings is 3. The first-order chi connectivity index (χ1) is 16.2. The Balaban J connectivity index is 1.48. The number of para-hydroxylation sites is 1. The van der Waals surface area contributed by atoms with E-state index in [2.05, 4.69) is 33.4 Å². The quantitative estimate of drug-likeness (QED) is 0.167. The lowest BCUT2D eigenvalue weighted by Crippen LogP contribution is -2.18. The summed E-state index contributed by atoms with van der Waals surface area (Å²) in [7, 11) is 0. The van der Waals surface area contributed by atoms with Crippen molar-refractivity contribution in [2.24, 2.45) is 5.10 Å². The minimum Gasteiger partial charge on any atom is -0.493 e. The van der Waals surface area contributed by atoms with E-state index in [4.69, 9.17) is 9.47 Å². The molecule has 5 nitrogen and oxygen atoms in total. The summed E-state index contributed by atoms with van der Waals surface area (Å²) in [6, 6.07) is 22.8. The van der Waals surface area contributed by atoms with Crippen LogP contribution < -0.4 is 14.9 Å². The van der Waals surface area contributed by atoms with Gasteiger partial charge in [0.15, 0.2) is 0 Å². The number of hydrogen-bond acceptors (Lipinski definition) is 4. The standard InChI is InChI=1S/C27H29BrN2O3/c1-2-3-4-7-18-32-26-9-6-5-8-25(26)27(31)30-29-19-21-12-16-24(17-13-21)33-20-22-10-14-23(28)15-11-22/h5-6,8-17,19H,2-4,7,18,20H2,1H3,(H,30,31). The van der Waals surface area contributed by atoms with E-state index in [1.54, 1.807) is 12.3 Å². The average molecular weight is 509 g/mol. The van der Waals surface area contributed by atoms with Crippen LogP contribution in [0.25, 0.3) is 0 Å². The van der Waals surface area contributed by atoms with Crippen molar-refractivity contribution >= 4 is 28.1 Å². The number of halogens is 1. The molecular weight excluding hydrogens is 480 g/mol. The first-order valence-corrected chi connectivity index (χ1v) is 12.0. The average Bonchev–Trinajstić information content (AvgIpc) is 2.84. The van der Waals surface area contributed by atoms with Gasteiger partial charge in [0.05, 0.1) is 18.4 Å². The second kappa shape index (κ2) is 13.4. The molecule has 33 heavy (non-hydrogen) atoms. The molecule has 3 rings (SSSR count). The largest absolute Gasteiger partial charge is 0.493 e. The highest BCUT2D eigenvalue weighted by Crippen LogP contribution is 2.19. The fourth-order valence-corrected chi connectivity index (χ4v) is 3.38. The molecule has 0 aliphatic carbocycles. The highest BCUT2D eigenvalue weighted by atomic mass is 79.9. The maximum atomic E-state index is 12.6. The van der Waals surface area contributed by atoms with Crippen molar-refractivity contribution in [1.82, 2.24) is 5.43 Å². The number of nitrogens with zero attached hydrogens (tertiary/aromatic N) is 1. The molecule has 172 valence electrons. The van der Waals surface area contributed by atoms with Gasteiger partial charge in [-0.1, -0.05) is 66.4 Å². The fourth-order valence-electron chi connectivity index (χ4n) is 3.11. The highest BCUT2D eigenvalue weighted by Gasteiger charge is 2.11. The zero-order valence-electron chi connectivity index (χ0n) is 18.8. The molecule has 0 saturated heterocycles. The van der Waals surface area contributed by atoms with E-state index in [9.17, 15) is 4.79 Å². The van der Waals surface area contributed by atoms with Gasteiger partial charge < -0.3 is 9.47 Å². The van der Waals surface area contributed by atoms with Gasteiger partial charge in [0.1, 0.15) is 18.1 Å². The normalized spacial score (nSPS) is 10.8. The third-order valence-electron chi connectivity index (χ3n) is 4.97. The Morgan fingerprint density at radius 2 is 1.70 bits per heavy atom. The minimum absolute atomic E-state index is 0.301. The lowest BCUT2D eigenvalue weighted by molar-refractivity contribution is 0.0951. The van der Waals surface area contributed by atoms with Crippen molar-refractivity contribution in [3.8, 4) is 11.5 Å². The van der Waals surface area contributed by atoms with E-state index in [1.165, 1.54) is 12.8 Å². The molecule has 0 radical (unpaired) electrons. The fraction of sp³-hybridized carbons (Fsp3) is 0.259. The van der Waals surface area contributed by atoms with Gasteiger partial charge in [-0.2, -0.15) is 5.10 Å². The van der Waals surface area contributed by atoms with Gasteiger partial charge in [0.25, 0.3) is 5.91 Å². The van der Waals surface area contributed by atoms with E-state index >= 15 is 0 Å². The maximum absolute atomic E-state index is 12.6. The zero-order chi connectivity index (χ0) is 23.3. The van der Waals surface area contributed by atoms with Gasteiger partial charge in [-0.05, 0) is 66.1 Å².